The molecular formula is C21H27N5O3S. The van der Waals surface area contributed by atoms with Crippen molar-refractivity contribution in [1.82, 2.24) is 19.2 Å². The topological polar surface area (TPSA) is 86.7 Å². The smallest absolute Gasteiger partial charge is 0.243 e. The van der Waals surface area contributed by atoms with Gasteiger partial charge in [-0.15, -0.1) is 0 Å². The van der Waals surface area contributed by atoms with Gasteiger partial charge in [0, 0.05) is 45.1 Å². The van der Waals surface area contributed by atoms with Crippen LogP contribution >= 0.6 is 0 Å². The van der Waals surface area contributed by atoms with Crippen LogP contribution in [0.2, 0.25) is 0 Å². The van der Waals surface area contributed by atoms with Gasteiger partial charge in [-0.25, -0.2) is 18.4 Å². The van der Waals surface area contributed by atoms with Gasteiger partial charge in [0.25, 0.3) is 0 Å². The predicted octanol–water partition coefficient (Wildman–Crippen LogP) is 1.68. The average Bonchev–Trinajstić information content (AvgIpc) is 2.79. The lowest BCUT2D eigenvalue weighted by Gasteiger charge is -2.40. The van der Waals surface area contributed by atoms with E-state index < -0.39 is 16.1 Å². The highest BCUT2D eigenvalue weighted by Gasteiger charge is 2.40. The molecule has 4 rings (SSSR count). The maximum absolute atomic E-state index is 13.3. The molecule has 0 radical (unpaired) electrons. The lowest BCUT2D eigenvalue weighted by Crippen LogP contribution is -2.57. The maximum atomic E-state index is 13.3. The standard InChI is InChI=1S/C21H27N5O3S/c1-17-6-8-18(9-7-17)30(28,29)26-12-3-2-5-19(26)20(27)24-13-15-25(16-14-24)21-22-10-4-11-23-21/h4,6-11,19H,2-3,5,12-16H2,1H3/t19-/m1/s1. The van der Waals surface area contributed by atoms with Crippen LogP contribution in [0.25, 0.3) is 0 Å². The summed E-state index contributed by atoms with van der Waals surface area (Å²) in [7, 11) is -3.71. The third-order valence-electron chi connectivity index (χ3n) is 5.79. The number of piperazine rings is 1. The van der Waals surface area contributed by atoms with Gasteiger partial charge in [0.1, 0.15) is 6.04 Å². The molecule has 1 amide bonds. The number of carbonyl (C=O) groups excluding carboxylic acids is 1. The molecule has 2 aliphatic heterocycles. The number of hydrogen-bond donors (Lipinski definition) is 0. The molecule has 3 heterocycles. The van der Waals surface area contributed by atoms with Gasteiger partial charge in [-0.1, -0.05) is 24.1 Å². The Balaban J connectivity index is 1.48. The Hall–Kier alpha value is -2.52. The van der Waals surface area contributed by atoms with Crippen LogP contribution in [0.4, 0.5) is 5.95 Å². The van der Waals surface area contributed by atoms with E-state index in [0.717, 1.165) is 18.4 Å². The number of carbonyl (C=O) groups is 1. The normalized spacial score (nSPS) is 20.9. The number of aromatic nitrogens is 2. The van der Waals surface area contributed by atoms with Gasteiger partial charge in [0.2, 0.25) is 21.9 Å². The minimum absolute atomic E-state index is 0.0981. The molecular weight excluding hydrogens is 402 g/mol. The van der Waals surface area contributed by atoms with E-state index in [9.17, 15) is 13.2 Å². The van der Waals surface area contributed by atoms with E-state index in [2.05, 4.69) is 9.97 Å². The second-order valence-electron chi connectivity index (χ2n) is 7.80. The summed E-state index contributed by atoms with van der Waals surface area (Å²) in [6.07, 6.45) is 5.60. The Labute approximate surface area is 177 Å². The highest BCUT2D eigenvalue weighted by atomic mass is 32.2. The van der Waals surface area contributed by atoms with E-state index in [-0.39, 0.29) is 10.8 Å². The first-order valence-electron chi connectivity index (χ1n) is 10.4. The molecule has 0 bridgehead atoms. The SMILES string of the molecule is Cc1ccc(S(=O)(=O)N2CCCC[C@@H]2C(=O)N2CCN(c3ncccn3)CC2)cc1. The second kappa shape index (κ2) is 8.69. The number of hydrogen-bond acceptors (Lipinski definition) is 6. The molecule has 2 fully saturated rings. The molecule has 0 N–H and O–H groups in total. The zero-order chi connectivity index (χ0) is 21.1. The summed E-state index contributed by atoms with van der Waals surface area (Å²) in [5, 5.41) is 0. The van der Waals surface area contributed by atoms with E-state index in [1.54, 1.807) is 47.6 Å². The second-order valence-corrected chi connectivity index (χ2v) is 9.69. The molecule has 0 saturated carbocycles. The fourth-order valence-corrected chi connectivity index (χ4v) is 5.73. The van der Waals surface area contributed by atoms with E-state index in [1.165, 1.54) is 4.31 Å². The van der Waals surface area contributed by atoms with Gasteiger partial charge in [0.05, 0.1) is 4.90 Å². The number of anilines is 1. The average molecular weight is 430 g/mol. The quantitative estimate of drug-likeness (QED) is 0.735. The summed E-state index contributed by atoms with van der Waals surface area (Å²) in [5.41, 5.74) is 1.00. The first kappa shape index (κ1) is 20.7. The molecule has 1 atom stereocenters. The molecule has 1 aromatic carbocycles. The summed E-state index contributed by atoms with van der Waals surface area (Å²) < 4.78 is 27.9. The number of benzene rings is 1. The van der Waals surface area contributed by atoms with Crippen LogP contribution in [-0.4, -0.2) is 72.3 Å². The molecule has 0 unspecified atom stereocenters. The predicted molar refractivity (Wildman–Crippen MR) is 114 cm³/mol. The van der Waals surface area contributed by atoms with Gasteiger partial charge in [-0.3, -0.25) is 4.79 Å². The number of nitrogens with zero attached hydrogens (tertiary/aromatic N) is 5. The zero-order valence-electron chi connectivity index (χ0n) is 17.1. The van der Waals surface area contributed by atoms with Crippen molar-refractivity contribution in [2.45, 2.75) is 37.1 Å². The maximum Gasteiger partial charge on any atom is 0.243 e. The molecule has 30 heavy (non-hydrogen) atoms. The summed E-state index contributed by atoms with van der Waals surface area (Å²) in [6.45, 7) is 4.63. The molecule has 2 aliphatic rings. The Bertz CT molecular complexity index is 973. The van der Waals surface area contributed by atoms with Crippen molar-refractivity contribution >= 4 is 21.9 Å². The third-order valence-corrected chi connectivity index (χ3v) is 7.72. The highest BCUT2D eigenvalue weighted by molar-refractivity contribution is 7.89. The Morgan fingerprint density at radius 2 is 1.63 bits per heavy atom. The lowest BCUT2D eigenvalue weighted by atomic mass is 10.0. The zero-order valence-corrected chi connectivity index (χ0v) is 18.0. The summed E-state index contributed by atoms with van der Waals surface area (Å²) in [6, 6.07) is 7.97. The summed E-state index contributed by atoms with van der Waals surface area (Å²) >= 11 is 0. The molecule has 1 aromatic heterocycles. The van der Waals surface area contributed by atoms with Crippen molar-refractivity contribution in [1.29, 1.82) is 0 Å². The summed E-state index contributed by atoms with van der Waals surface area (Å²) in [4.78, 5) is 25.9. The van der Waals surface area contributed by atoms with Gasteiger partial charge in [-0.05, 0) is 38.0 Å². The fourth-order valence-electron chi connectivity index (χ4n) is 4.08. The Morgan fingerprint density at radius 3 is 2.30 bits per heavy atom. The van der Waals surface area contributed by atoms with E-state index in [4.69, 9.17) is 0 Å². The third kappa shape index (κ3) is 4.17. The first-order chi connectivity index (χ1) is 14.5. The number of sulfonamides is 1. The van der Waals surface area contributed by atoms with Gasteiger partial charge < -0.3 is 9.80 Å². The van der Waals surface area contributed by atoms with Crippen molar-refractivity contribution in [3.05, 3.63) is 48.3 Å². The van der Waals surface area contributed by atoms with E-state index >= 15 is 0 Å². The van der Waals surface area contributed by atoms with Crippen LogP contribution in [-0.2, 0) is 14.8 Å². The number of amides is 1. The number of rotatable bonds is 4. The monoisotopic (exact) mass is 429 g/mol. The van der Waals surface area contributed by atoms with Gasteiger partial charge in [-0.2, -0.15) is 4.31 Å². The number of aryl methyl sites for hydroxylation is 1. The summed E-state index contributed by atoms with van der Waals surface area (Å²) in [5.74, 6) is 0.560. The molecule has 9 heteroatoms. The van der Waals surface area contributed by atoms with Crippen LogP contribution in [0.5, 0.6) is 0 Å². The molecule has 2 saturated heterocycles. The highest BCUT2D eigenvalue weighted by Crippen LogP contribution is 2.27. The van der Waals surface area contributed by atoms with Gasteiger partial charge >= 0.3 is 0 Å². The largest absolute Gasteiger partial charge is 0.338 e. The number of piperidine rings is 1. The minimum Gasteiger partial charge on any atom is -0.338 e. The van der Waals surface area contributed by atoms with E-state index in [1.807, 2.05) is 11.8 Å². The Kier molecular flexibility index (Phi) is 6.01. The first-order valence-corrected chi connectivity index (χ1v) is 11.8. The van der Waals surface area contributed by atoms with Crippen LogP contribution in [0.15, 0.2) is 47.6 Å². The van der Waals surface area contributed by atoms with Crippen molar-refractivity contribution < 1.29 is 13.2 Å². The van der Waals surface area contributed by atoms with Crippen LogP contribution < -0.4 is 4.90 Å². The minimum atomic E-state index is -3.71. The molecule has 0 aliphatic carbocycles. The van der Waals surface area contributed by atoms with Crippen molar-refractivity contribution in [2.24, 2.45) is 0 Å². The molecule has 2 aromatic rings. The van der Waals surface area contributed by atoms with Crippen molar-refractivity contribution in [3.8, 4) is 0 Å². The van der Waals surface area contributed by atoms with Crippen LogP contribution in [0, 0.1) is 6.92 Å². The van der Waals surface area contributed by atoms with Crippen LogP contribution in [0.3, 0.4) is 0 Å². The molecule has 160 valence electrons. The van der Waals surface area contributed by atoms with Crippen molar-refractivity contribution in [3.63, 3.8) is 0 Å². The van der Waals surface area contributed by atoms with Gasteiger partial charge in [0.15, 0.2) is 0 Å². The Morgan fingerprint density at radius 1 is 0.967 bits per heavy atom. The van der Waals surface area contributed by atoms with Crippen molar-refractivity contribution in [2.75, 3.05) is 37.6 Å². The molecule has 0 spiro atoms. The van der Waals surface area contributed by atoms with Crippen LogP contribution in [0.1, 0.15) is 24.8 Å². The fraction of sp³-hybridized carbons (Fsp3) is 0.476. The molecule has 8 nitrogen and oxygen atoms in total. The lowest BCUT2D eigenvalue weighted by molar-refractivity contribution is -0.136. The van der Waals surface area contributed by atoms with E-state index in [0.29, 0.717) is 45.1 Å².